The predicted octanol–water partition coefficient (Wildman–Crippen LogP) is 2.89. The molecule has 0 aromatic carbocycles. The highest BCUT2D eigenvalue weighted by Gasteiger charge is 2.28. The van der Waals surface area contributed by atoms with E-state index in [1.165, 1.54) is 12.8 Å². The van der Waals surface area contributed by atoms with Gasteiger partial charge in [0.15, 0.2) is 11.6 Å². The summed E-state index contributed by atoms with van der Waals surface area (Å²) >= 11 is 0. The predicted molar refractivity (Wildman–Crippen MR) is 98.3 cm³/mol. The summed E-state index contributed by atoms with van der Waals surface area (Å²) in [6.07, 6.45) is 9.72. The summed E-state index contributed by atoms with van der Waals surface area (Å²) in [6, 6.07) is 5.81. The van der Waals surface area contributed by atoms with Gasteiger partial charge in [-0.15, -0.1) is 0 Å². The van der Waals surface area contributed by atoms with E-state index in [2.05, 4.69) is 9.88 Å². The number of anilines is 1. The Morgan fingerprint density at radius 2 is 2.15 bits per heavy atom. The summed E-state index contributed by atoms with van der Waals surface area (Å²) in [7, 11) is 0. The molecule has 0 spiro atoms. The van der Waals surface area contributed by atoms with Crippen LogP contribution in [0, 0.1) is 0 Å². The van der Waals surface area contributed by atoms with Crippen molar-refractivity contribution in [3.8, 4) is 5.75 Å². The van der Waals surface area contributed by atoms with Crippen LogP contribution in [-0.2, 0) is 11.2 Å². The molecule has 2 aromatic heterocycles. The number of hydrogen-bond acceptors (Lipinski definition) is 5. The summed E-state index contributed by atoms with van der Waals surface area (Å²) in [5, 5.41) is 0. The highest BCUT2D eigenvalue weighted by Crippen LogP contribution is 2.30. The van der Waals surface area contributed by atoms with E-state index in [1.54, 1.807) is 12.5 Å². The molecule has 4 rings (SSSR count). The summed E-state index contributed by atoms with van der Waals surface area (Å²) in [5.41, 5.74) is 1.07. The second-order valence-corrected chi connectivity index (χ2v) is 7.02. The Hall–Kier alpha value is -2.50. The van der Waals surface area contributed by atoms with E-state index < -0.39 is 0 Å². The zero-order valence-electron chi connectivity index (χ0n) is 15.0. The Labute approximate surface area is 153 Å². The van der Waals surface area contributed by atoms with E-state index >= 15 is 0 Å². The van der Waals surface area contributed by atoms with Crippen molar-refractivity contribution in [1.82, 2.24) is 9.88 Å². The number of carbonyl (C=O) groups excluding carboxylic acids is 1. The van der Waals surface area contributed by atoms with Crippen LogP contribution in [-0.4, -0.2) is 48.1 Å². The molecule has 2 aliphatic rings. The van der Waals surface area contributed by atoms with E-state index in [9.17, 15) is 4.79 Å². The van der Waals surface area contributed by atoms with Gasteiger partial charge in [-0.05, 0) is 43.0 Å². The number of nitrogens with zero attached hydrogens (tertiary/aromatic N) is 3. The quantitative estimate of drug-likeness (QED) is 0.797. The highest BCUT2D eigenvalue weighted by atomic mass is 16.5. The molecule has 1 atom stereocenters. The minimum Gasteiger partial charge on any atom is -0.485 e. The lowest BCUT2D eigenvalue weighted by Gasteiger charge is -2.22. The van der Waals surface area contributed by atoms with E-state index in [4.69, 9.17) is 9.15 Å². The van der Waals surface area contributed by atoms with Gasteiger partial charge in [0.2, 0.25) is 5.91 Å². The van der Waals surface area contributed by atoms with Crippen LogP contribution in [0.15, 0.2) is 41.3 Å². The van der Waals surface area contributed by atoms with E-state index in [-0.39, 0.29) is 12.0 Å². The molecule has 0 radical (unpaired) electrons. The fraction of sp³-hybridized carbons (Fsp3) is 0.500. The maximum Gasteiger partial charge on any atom is 0.223 e. The Balaban J connectivity index is 1.32. The third-order valence-corrected chi connectivity index (χ3v) is 5.16. The fourth-order valence-electron chi connectivity index (χ4n) is 3.72. The zero-order valence-corrected chi connectivity index (χ0v) is 15.0. The number of rotatable bonds is 6. The molecule has 6 nitrogen and oxygen atoms in total. The van der Waals surface area contributed by atoms with E-state index in [1.807, 2.05) is 29.3 Å². The smallest absolute Gasteiger partial charge is 0.223 e. The van der Waals surface area contributed by atoms with Crippen LogP contribution in [0.2, 0.25) is 0 Å². The van der Waals surface area contributed by atoms with Crippen LogP contribution in [0.25, 0.3) is 0 Å². The monoisotopic (exact) mass is 355 g/mol. The lowest BCUT2D eigenvalue weighted by Crippen LogP contribution is -2.31. The largest absolute Gasteiger partial charge is 0.485 e. The van der Waals surface area contributed by atoms with Crippen LogP contribution in [0.4, 0.5) is 5.82 Å². The number of aryl methyl sites for hydroxylation is 1. The zero-order chi connectivity index (χ0) is 17.8. The molecule has 138 valence electrons. The summed E-state index contributed by atoms with van der Waals surface area (Å²) in [4.78, 5) is 21.2. The molecule has 0 saturated carbocycles. The summed E-state index contributed by atoms with van der Waals surface area (Å²) < 4.78 is 11.3. The van der Waals surface area contributed by atoms with Gasteiger partial charge < -0.3 is 19.0 Å². The number of pyridine rings is 1. The first-order chi connectivity index (χ1) is 12.8. The Morgan fingerprint density at radius 1 is 1.27 bits per heavy atom. The minimum atomic E-state index is 0.0402. The lowest BCUT2D eigenvalue weighted by molar-refractivity contribution is -0.130. The first-order valence-corrected chi connectivity index (χ1v) is 9.45. The van der Waals surface area contributed by atoms with Crippen molar-refractivity contribution >= 4 is 11.7 Å². The van der Waals surface area contributed by atoms with Crippen LogP contribution in [0.3, 0.4) is 0 Å². The van der Waals surface area contributed by atoms with Crippen molar-refractivity contribution in [3.05, 3.63) is 42.5 Å². The molecule has 0 aliphatic carbocycles. The topological polar surface area (TPSA) is 58.8 Å². The van der Waals surface area contributed by atoms with Crippen molar-refractivity contribution in [2.45, 2.75) is 38.2 Å². The molecule has 6 heteroatoms. The van der Waals surface area contributed by atoms with Crippen molar-refractivity contribution < 1.29 is 13.9 Å². The summed E-state index contributed by atoms with van der Waals surface area (Å²) in [5.74, 6) is 1.96. The van der Waals surface area contributed by atoms with Gasteiger partial charge in [0.1, 0.15) is 6.10 Å². The number of hydrogen-bond donors (Lipinski definition) is 0. The van der Waals surface area contributed by atoms with Crippen LogP contribution in [0.1, 0.15) is 31.2 Å². The third kappa shape index (κ3) is 3.84. The van der Waals surface area contributed by atoms with Crippen LogP contribution in [0.5, 0.6) is 5.75 Å². The van der Waals surface area contributed by atoms with Crippen LogP contribution >= 0.6 is 0 Å². The van der Waals surface area contributed by atoms with Crippen molar-refractivity contribution in [2.24, 2.45) is 0 Å². The molecule has 0 unspecified atom stereocenters. The Bertz CT molecular complexity index is 726. The fourth-order valence-corrected chi connectivity index (χ4v) is 3.72. The van der Waals surface area contributed by atoms with Gasteiger partial charge >= 0.3 is 0 Å². The van der Waals surface area contributed by atoms with Gasteiger partial charge in [0.25, 0.3) is 0 Å². The molecule has 0 N–H and O–H groups in total. The van der Waals surface area contributed by atoms with Crippen LogP contribution < -0.4 is 9.64 Å². The lowest BCUT2D eigenvalue weighted by atomic mass is 10.2. The van der Waals surface area contributed by atoms with Crippen molar-refractivity contribution in [2.75, 3.05) is 31.1 Å². The number of furan rings is 1. The second kappa shape index (κ2) is 7.81. The molecule has 0 bridgehead atoms. The molecular formula is C20H25N3O3. The SMILES string of the molecule is O=C(CCc1ccoc1)N1CC[C@H](Oc2cccnc2N2CCCC2)C1. The normalized spacial score (nSPS) is 19.9. The maximum atomic E-state index is 12.4. The van der Waals surface area contributed by atoms with Gasteiger partial charge in [0, 0.05) is 38.7 Å². The van der Waals surface area contributed by atoms with E-state index in [0.29, 0.717) is 13.0 Å². The standard InChI is InChI=1S/C20H25N3O3/c24-19(6-5-16-8-13-25-15-16)23-12-7-17(14-23)26-18-4-3-9-21-20(18)22-10-1-2-11-22/h3-4,8-9,13,15,17H,1-2,5-7,10-12,14H2/t17-/m0/s1. The Kier molecular flexibility index (Phi) is 5.09. The van der Waals surface area contributed by atoms with Crippen molar-refractivity contribution in [1.29, 1.82) is 0 Å². The Morgan fingerprint density at radius 3 is 2.96 bits per heavy atom. The molecule has 2 aromatic rings. The third-order valence-electron chi connectivity index (χ3n) is 5.16. The van der Waals surface area contributed by atoms with Gasteiger partial charge in [-0.1, -0.05) is 0 Å². The number of likely N-dealkylation sites (tertiary alicyclic amines) is 1. The molecule has 4 heterocycles. The first kappa shape index (κ1) is 16.9. The van der Waals surface area contributed by atoms with Gasteiger partial charge in [0.05, 0.1) is 19.1 Å². The molecule has 1 amide bonds. The van der Waals surface area contributed by atoms with Gasteiger partial charge in [-0.2, -0.15) is 0 Å². The van der Waals surface area contributed by atoms with Crippen molar-refractivity contribution in [3.63, 3.8) is 0 Å². The minimum absolute atomic E-state index is 0.0402. The summed E-state index contributed by atoms with van der Waals surface area (Å²) in [6.45, 7) is 3.49. The molecule has 2 aliphatic heterocycles. The number of aromatic nitrogens is 1. The number of carbonyl (C=O) groups is 1. The highest BCUT2D eigenvalue weighted by molar-refractivity contribution is 5.76. The number of ether oxygens (including phenoxy) is 1. The molecular weight excluding hydrogens is 330 g/mol. The average Bonchev–Trinajstić information content (AvgIpc) is 3.42. The van der Waals surface area contributed by atoms with Gasteiger partial charge in [-0.25, -0.2) is 4.98 Å². The molecule has 26 heavy (non-hydrogen) atoms. The molecule has 2 fully saturated rings. The number of amides is 1. The first-order valence-electron chi connectivity index (χ1n) is 9.45. The van der Waals surface area contributed by atoms with Gasteiger partial charge in [-0.3, -0.25) is 4.79 Å². The molecule has 2 saturated heterocycles. The van der Waals surface area contributed by atoms with E-state index in [0.717, 1.165) is 49.6 Å². The second-order valence-electron chi connectivity index (χ2n) is 7.02. The average molecular weight is 355 g/mol. The maximum absolute atomic E-state index is 12.4.